The summed E-state index contributed by atoms with van der Waals surface area (Å²) in [6.45, 7) is 1.58. The number of carbonyl (C=O) groups is 1. The molecular weight excluding hydrogens is 304 g/mol. The van der Waals surface area contributed by atoms with Gasteiger partial charge in [-0.1, -0.05) is 0 Å². The molecule has 0 amide bonds. The summed E-state index contributed by atoms with van der Waals surface area (Å²) in [5.74, 6) is -1.48. The van der Waals surface area contributed by atoms with Gasteiger partial charge in [-0.3, -0.25) is 4.79 Å². The highest BCUT2D eigenvalue weighted by molar-refractivity contribution is 9.10. The van der Waals surface area contributed by atoms with Crippen LogP contribution in [0.4, 0.5) is 8.78 Å². The van der Waals surface area contributed by atoms with Crippen molar-refractivity contribution in [3.8, 4) is 0 Å². The summed E-state index contributed by atoms with van der Waals surface area (Å²) < 4.78 is 27.5. The second kappa shape index (κ2) is 5.89. The Morgan fingerprint density at radius 1 is 1.33 bits per heavy atom. The van der Waals surface area contributed by atoms with Gasteiger partial charge in [-0.25, -0.2) is 8.78 Å². The van der Waals surface area contributed by atoms with Crippen LogP contribution in [0.1, 0.15) is 18.4 Å². The van der Waals surface area contributed by atoms with Crippen LogP contribution in [-0.4, -0.2) is 18.9 Å². The lowest BCUT2D eigenvalue weighted by Crippen LogP contribution is -2.32. The van der Waals surface area contributed by atoms with Gasteiger partial charge in [0.1, 0.15) is 17.4 Å². The third kappa shape index (κ3) is 2.95. The summed E-state index contributed by atoms with van der Waals surface area (Å²) in [6, 6.07) is 2.49. The molecule has 98 valence electrons. The van der Waals surface area contributed by atoms with Gasteiger partial charge < -0.3 is 5.32 Å². The molecule has 0 bridgehead atoms. The van der Waals surface area contributed by atoms with Crippen molar-refractivity contribution in [1.82, 2.24) is 5.32 Å². The summed E-state index contributed by atoms with van der Waals surface area (Å²) in [5.41, 5.74) is -0.132. The molecule has 0 spiro atoms. The molecule has 1 aromatic carbocycles. The van der Waals surface area contributed by atoms with E-state index in [1.54, 1.807) is 0 Å². The summed E-state index contributed by atoms with van der Waals surface area (Å²) in [5, 5.41) is 3.16. The van der Waals surface area contributed by atoms with E-state index in [4.69, 9.17) is 0 Å². The summed E-state index contributed by atoms with van der Waals surface area (Å²) in [6.07, 6.45) is 1.33. The van der Waals surface area contributed by atoms with Crippen molar-refractivity contribution in [3.05, 3.63) is 33.8 Å². The fourth-order valence-corrected chi connectivity index (χ4v) is 2.57. The highest BCUT2D eigenvalue weighted by atomic mass is 79.9. The van der Waals surface area contributed by atoms with E-state index in [1.165, 1.54) is 12.1 Å². The average Bonchev–Trinajstić information content (AvgIpc) is 2.40. The van der Waals surface area contributed by atoms with Gasteiger partial charge in [0.25, 0.3) is 0 Å². The topological polar surface area (TPSA) is 29.1 Å². The molecule has 1 heterocycles. The van der Waals surface area contributed by atoms with Gasteiger partial charge in [-0.2, -0.15) is 0 Å². The fraction of sp³-hybridized carbons (Fsp3) is 0.462. The van der Waals surface area contributed by atoms with E-state index in [-0.39, 0.29) is 28.2 Å². The quantitative estimate of drug-likeness (QED) is 0.869. The van der Waals surface area contributed by atoms with Gasteiger partial charge in [-0.15, -0.1) is 0 Å². The predicted octanol–water partition coefficient (Wildman–Crippen LogP) is 2.84. The van der Waals surface area contributed by atoms with Crippen molar-refractivity contribution >= 4 is 21.7 Å². The fourth-order valence-electron chi connectivity index (χ4n) is 2.19. The minimum absolute atomic E-state index is 0.0765. The maximum Gasteiger partial charge on any atom is 0.143 e. The molecule has 1 saturated heterocycles. The third-order valence-corrected chi connectivity index (χ3v) is 3.90. The van der Waals surface area contributed by atoms with Crippen LogP contribution in [0.25, 0.3) is 0 Å². The van der Waals surface area contributed by atoms with E-state index in [1.807, 2.05) is 0 Å². The van der Waals surface area contributed by atoms with Gasteiger partial charge >= 0.3 is 0 Å². The summed E-state index contributed by atoms with van der Waals surface area (Å²) in [4.78, 5) is 12.0. The van der Waals surface area contributed by atoms with Crippen LogP contribution < -0.4 is 5.32 Å². The number of piperidine rings is 1. The highest BCUT2D eigenvalue weighted by Crippen LogP contribution is 2.24. The van der Waals surface area contributed by atoms with Crippen molar-refractivity contribution in [1.29, 1.82) is 0 Å². The van der Waals surface area contributed by atoms with Crippen LogP contribution >= 0.6 is 15.9 Å². The lowest BCUT2D eigenvalue weighted by Gasteiger charge is -2.21. The lowest BCUT2D eigenvalue weighted by atomic mass is 9.90. The van der Waals surface area contributed by atoms with Crippen molar-refractivity contribution in [2.75, 3.05) is 13.1 Å². The molecular formula is C13H14BrF2NO. The van der Waals surface area contributed by atoms with Crippen LogP contribution in [-0.2, 0) is 11.2 Å². The summed E-state index contributed by atoms with van der Waals surface area (Å²) >= 11 is 3.00. The third-order valence-electron chi connectivity index (χ3n) is 3.28. The number of carbonyl (C=O) groups excluding carboxylic acids is 1. The number of ketones is 1. The Kier molecular flexibility index (Phi) is 4.45. The SMILES string of the molecule is O=C(Cc1c(F)ccc(Br)c1F)C1CCNCC1. The zero-order valence-electron chi connectivity index (χ0n) is 9.81. The van der Waals surface area contributed by atoms with Crippen LogP contribution in [0.5, 0.6) is 0 Å². The number of nitrogens with one attached hydrogen (secondary N) is 1. The molecule has 5 heteroatoms. The zero-order chi connectivity index (χ0) is 13.1. The molecule has 1 aliphatic rings. The zero-order valence-corrected chi connectivity index (χ0v) is 11.4. The molecule has 0 atom stereocenters. The molecule has 0 unspecified atom stereocenters. The van der Waals surface area contributed by atoms with Gasteiger partial charge in [0, 0.05) is 17.9 Å². The van der Waals surface area contributed by atoms with Crippen molar-refractivity contribution in [2.24, 2.45) is 5.92 Å². The Hall–Kier alpha value is -0.810. The minimum Gasteiger partial charge on any atom is -0.317 e. The minimum atomic E-state index is -0.669. The number of Topliss-reactive ketones (excluding diaryl/α,β-unsaturated/α-hetero) is 1. The first-order chi connectivity index (χ1) is 8.59. The van der Waals surface area contributed by atoms with E-state index in [0.717, 1.165) is 25.9 Å². The van der Waals surface area contributed by atoms with Crippen molar-refractivity contribution in [3.63, 3.8) is 0 Å². The smallest absolute Gasteiger partial charge is 0.143 e. The Morgan fingerprint density at radius 2 is 2.00 bits per heavy atom. The molecule has 1 fully saturated rings. The Morgan fingerprint density at radius 3 is 2.67 bits per heavy atom. The standard InChI is InChI=1S/C13H14BrF2NO/c14-10-1-2-11(15)9(13(10)16)7-12(18)8-3-5-17-6-4-8/h1-2,8,17H,3-7H2. The highest BCUT2D eigenvalue weighted by Gasteiger charge is 2.23. The molecule has 1 N–H and O–H groups in total. The first-order valence-corrected chi connectivity index (χ1v) is 6.74. The van der Waals surface area contributed by atoms with Gasteiger partial charge in [0.05, 0.1) is 4.47 Å². The van der Waals surface area contributed by atoms with Crippen LogP contribution in [0.15, 0.2) is 16.6 Å². The Balaban J connectivity index is 2.13. The normalized spacial score (nSPS) is 16.8. The first kappa shape index (κ1) is 13.6. The number of halogens is 3. The van der Waals surface area contributed by atoms with Gasteiger partial charge in [0.2, 0.25) is 0 Å². The van der Waals surface area contributed by atoms with Crippen molar-refractivity contribution < 1.29 is 13.6 Å². The van der Waals surface area contributed by atoms with E-state index in [9.17, 15) is 13.6 Å². The molecule has 0 aromatic heterocycles. The Labute approximate surface area is 113 Å². The van der Waals surface area contributed by atoms with E-state index < -0.39 is 11.6 Å². The number of hydrogen-bond donors (Lipinski definition) is 1. The lowest BCUT2D eigenvalue weighted by molar-refractivity contribution is -0.123. The monoisotopic (exact) mass is 317 g/mol. The van der Waals surface area contributed by atoms with Crippen LogP contribution in [0.2, 0.25) is 0 Å². The molecule has 0 aliphatic carbocycles. The predicted molar refractivity (Wildman–Crippen MR) is 68.4 cm³/mol. The first-order valence-electron chi connectivity index (χ1n) is 5.95. The largest absolute Gasteiger partial charge is 0.317 e. The molecule has 0 saturated carbocycles. The molecule has 2 rings (SSSR count). The molecule has 0 radical (unpaired) electrons. The van der Waals surface area contributed by atoms with Gasteiger partial charge in [-0.05, 0) is 54.0 Å². The second-order valence-electron chi connectivity index (χ2n) is 4.49. The van der Waals surface area contributed by atoms with Crippen LogP contribution in [0, 0.1) is 17.6 Å². The molecule has 2 nitrogen and oxygen atoms in total. The van der Waals surface area contributed by atoms with Gasteiger partial charge in [0.15, 0.2) is 0 Å². The summed E-state index contributed by atoms with van der Waals surface area (Å²) in [7, 11) is 0. The average molecular weight is 318 g/mol. The van der Waals surface area contributed by atoms with E-state index in [0.29, 0.717) is 0 Å². The second-order valence-corrected chi connectivity index (χ2v) is 5.34. The number of rotatable bonds is 3. The van der Waals surface area contributed by atoms with Crippen molar-refractivity contribution in [2.45, 2.75) is 19.3 Å². The number of benzene rings is 1. The molecule has 1 aromatic rings. The van der Waals surface area contributed by atoms with E-state index in [2.05, 4.69) is 21.2 Å². The molecule has 1 aliphatic heterocycles. The van der Waals surface area contributed by atoms with Crippen LogP contribution in [0.3, 0.4) is 0 Å². The van der Waals surface area contributed by atoms with E-state index >= 15 is 0 Å². The Bertz CT molecular complexity index is 459. The molecule has 18 heavy (non-hydrogen) atoms. The number of hydrogen-bond acceptors (Lipinski definition) is 2. The maximum atomic E-state index is 13.7. The maximum absolute atomic E-state index is 13.7.